The number of carbonyl (C=O) groups excluding carboxylic acids is 2. The summed E-state index contributed by atoms with van der Waals surface area (Å²) in [6.45, 7) is 4.89. The average Bonchev–Trinajstić information content (AvgIpc) is 3.18. The second kappa shape index (κ2) is 9.08. The first-order valence-electron chi connectivity index (χ1n) is 8.79. The number of nitrogens with zero attached hydrogens (tertiary/aromatic N) is 5. The molecule has 1 aromatic carbocycles. The molecule has 0 spiro atoms. The summed E-state index contributed by atoms with van der Waals surface area (Å²) in [6.07, 6.45) is 0. The molecular weight excluding hydrogens is 352 g/mol. The summed E-state index contributed by atoms with van der Waals surface area (Å²) < 4.78 is 12.5. The van der Waals surface area contributed by atoms with Gasteiger partial charge < -0.3 is 19.7 Å². The van der Waals surface area contributed by atoms with Gasteiger partial charge in [-0.1, -0.05) is 6.07 Å². The van der Waals surface area contributed by atoms with Crippen LogP contribution in [0.25, 0.3) is 0 Å². The molecule has 1 N–H and O–H groups in total. The molecule has 2 heterocycles. The molecule has 1 aromatic heterocycles. The Balaban J connectivity index is 1.53. The second-order valence-electron chi connectivity index (χ2n) is 5.90. The van der Waals surface area contributed by atoms with Gasteiger partial charge in [0.2, 0.25) is 5.91 Å². The number of carbonyl (C=O) groups is 2. The molecule has 1 saturated heterocycles. The number of hydrogen-bond acceptors (Lipinski definition) is 7. The molecule has 0 bridgehead atoms. The van der Waals surface area contributed by atoms with Crippen LogP contribution >= 0.6 is 0 Å². The number of aryl methyl sites for hydroxylation is 1. The fraction of sp³-hybridized carbons (Fsp3) is 0.471. The summed E-state index contributed by atoms with van der Waals surface area (Å²) in [4.78, 5) is 26.1. The van der Waals surface area contributed by atoms with Crippen molar-refractivity contribution in [3.8, 4) is 5.75 Å². The summed E-state index contributed by atoms with van der Waals surface area (Å²) in [5, 5.41) is 14.0. The average molecular weight is 374 g/mol. The van der Waals surface area contributed by atoms with Crippen LogP contribution < -0.4 is 10.1 Å². The smallest absolute Gasteiger partial charge is 0.251 e. The van der Waals surface area contributed by atoms with Crippen LogP contribution in [0.3, 0.4) is 0 Å². The highest BCUT2D eigenvalue weighted by atomic mass is 16.5. The van der Waals surface area contributed by atoms with Crippen LogP contribution in [0.1, 0.15) is 23.1 Å². The monoisotopic (exact) mass is 374 g/mol. The molecule has 144 valence electrons. The topological polar surface area (TPSA) is 111 Å². The van der Waals surface area contributed by atoms with E-state index in [1.54, 1.807) is 33.8 Å². The normalized spacial score (nSPS) is 14.0. The van der Waals surface area contributed by atoms with E-state index in [-0.39, 0.29) is 25.0 Å². The number of tetrazole rings is 1. The fourth-order valence-corrected chi connectivity index (χ4v) is 2.63. The van der Waals surface area contributed by atoms with Crippen molar-refractivity contribution in [2.75, 3.05) is 32.8 Å². The number of morpholine rings is 1. The summed E-state index contributed by atoms with van der Waals surface area (Å²) in [7, 11) is 0. The van der Waals surface area contributed by atoms with Gasteiger partial charge in [0, 0.05) is 25.2 Å². The summed E-state index contributed by atoms with van der Waals surface area (Å²) >= 11 is 0. The molecule has 2 aromatic rings. The molecule has 1 fully saturated rings. The van der Waals surface area contributed by atoms with E-state index in [1.807, 2.05) is 6.92 Å². The highest BCUT2D eigenvalue weighted by Crippen LogP contribution is 2.14. The quantitative estimate of drug-likeness (QED) is 0.718. The molecule has 27 heavy (non-hydrogen) atoms. The molecule has 1 aliphatic rings. The minimum absolute atomic E-state index is 0.0464. The molecule has 0 radical (unpaired) electrons. The maximum absolute atomic E-state index is 12.3. The molecule has 10 nitrogen and oxygen atoms in total. The van der Waals surface area contributed by atoms with Crippen molar-refractivity contribution in [3.63, 3.8) is 0 Å². The van der Waals surface area contributed by atoms with E-state index in [0.29, 0.717) is 50.0 Å². The van der Waals surface area contributed by atoms with Crippen LogP contribution in [0.5, 0.6) is 5.75 Å². The van der Waals surface area contributed by atoms with E-state index in [0.717, 1.165) is 0 Å². The van der Waals surface area contributed by atoms with Gasteiger partial charge in [-0.3, -0.25) is 9.59 Å². The third-order valence-electron chi connectivity index (χ3n) is 4.13. The van der Waals surface area contributed by atoms with E-state index in [2.05, 4.69) is 20.8 Å². The fourth-order valence-electron chi connectivity index (χ4n) is 2.63. The van der Waals surface area contributed by atoms with Crippen molar-refractivity contribution in [1.82, 2.24) is 30.4 Å². The maximum Gasteiger partial charge on any atom is 0.251 e. The molecule has 0 saturated carbocycles. The zero-order chi connectivity index (χ0) is 19.1. The third-order valence-corrected chi connectivity index (χ3v) is 4.13. The first-order valence-corrected chi connectivity index (χ1v) is 8.79. The Bertz CT molecular complexity index is 787. The van der Waals surface area contributed by atoms with Crippen LogP contribution in [0, 0.1) is 0 Å². The number of benzene rings is 1. The Labute approximate surface area is 156 Å². The highest BCUT2D eigenvalue weighted by molar-refractivity contribution is 5.96. The number of aromatic nitrogens is 4. The lowest BCUT2D eigenvalue weighted by atomic mass is 10.2. The van der Waals surface area contributed by atoms with Crippen LogP contribution in [0.15, 0.2) is 24.3 Å². The molecule has 10 heteroatoms. The largest absolute Gasteiger partial charge is 0.486 e. The van der Waals surface area contributed by atoms with Gasteiger partial charge in [-0.2, -0.15) is 0 Å². The Hall–Kier alpha value is -3.01. The lowest BCUT2D eigenvalue weighted by molar-refractivity contribution is -0.134. The minimum Gasteiger partial charge on any atom is -0.486 e. The van der Waals surface area contributed by atoms with Crippen LogP contribution in [0.2, 0.25) is 0 Å². The standard InChI is InChI=1S/C17H22N6O4/c1-2-23-15(19-20-21-23)12-27-14-5-3-4-13(10-14)17(25)18-11-16(24)22-6-8-26-9-7-22/h3-5,10H,2,6-9,11-12H2,1H3,(H,18,25). The third kappa shape index (κ3) is 5.00. The van der Waals surface area contributed by atoms with E-state index < -0.39 is 0 Å². The van der Waals surface area contributed by atoms with Crippen molar-refractivity contribution in [1.29, 1.82) is 0 Å². The molecule has 0 unspecified atom stereocenters. The summed E-state index contributed by atoms with van der Waals surface area (Å²) in [5.74, 6) is 0.669. The Morgan fingerprint density at radius 3 is 2.89 bits per heavy atom. The molecule has 1 aliphatic heterocycles. The SMILES string of the molecule is CCn1nnnc1COc1cccc(C(=O)NCC(=O)N2CCOCC2)c1. The summed E-state index contributed by atoms with van der Waals surface area (Å²) in [6, 6.07) is 6.75. The van der Waals surface area contributed by atoms with E-state index in [1.165, 1.54) is 0 Å². The Morgan fingerprint density at radius 2 is 2.11 bits per heavy atom. The van der Waals surface area contributed by atoms with Gasteiger partial charge in [-0.05, 0) is 35.5 Å². The lowest BCUT2D eigenvalue weighted by Gasteiger charge is -2.26. The highest BCUT2D eigenvalue weighted by Gasteiger charge is 2.17. The molecule has 2 amide bonds. The predicted molar refractivity (Wildman–Crippen MR) is 94.0 cm³/mol. The van der Waals surface area contributed by atoms with E-state index in [9.17, 15) is 9.59 Å². The molecule has 0 aliphatic carbocycles. The van der Waals surface area contributed by atoms with Crippen molar-refractivity contribution >= 4 is 11.8 Å². The van der Waals surface area contributed by atoms with Crippen molar-refractivity contribution in [2.45, 2.75) is 20.1 Å². The van der Waals surface area contributed by atoms with Gasteiger partial charge >= 0.3 is 0 Å². The van der Waals surface area contributed by atoms with Crippen molar-refractivity contribution in [3.05, 3.63) is 35.7 Å². The van der Waals surface area contributed by atoms with Gasteiger partial charge in [0.05, 0.1) is 19.8 Å². The first-order chi connectivity index (χ1) is 13.2. The number of nitrogens with one attached hydrogen (secondary N) is 1. The molecule has 0 atom stereocenters. The number of rotatable bonds is 7. The van der Waals surface area contributed by atoms with Gasteiger partial charge in [-0.15, -0.1) is 5.10 Å². The zero-order valence-corrected chi connectivity index (χ0v) is 15.1. The Kier molecular flexibility index (Phi) is 6.31. The summed E-state index contributed by atoms with van der Waals surface area (Å²) in [5.41, 5.74) is 0.414. The van der Waals surface area contributed by atoms with Gasteiger partial charge in [-0.25, -0.2) is 4.68 Å². The van der Waals surface area contributed by atoms with Gasteiger partial charge in [0.25, 0.3) is 5.91 Å². The zero-order valence-electron chi connectivity index (χ0n) is 15.1. The molecular formula is C17H22N6O4. The predicted octanol–water partition coefficient (Wildman–Crippen LogP) is -0.139. The molecule has 3 rings (SSSR count). The minimum atomic E-state index is -0.333. The number of amides is 2. The van der Waals surface area contributed by atoms with Gasteiger partial charge in [0.1, 0.15) is 12.4 Å². The van der Waals surface area contributed by atoms with Gasteiger partial charge in [0.15, 0.2) is 5.82 Å². The van der Waals surface area contributed by atoms with Crippen LogP contribution in [-0.4, -0.2) is 69.8 Å². The number of hydrogen-bond donors (Lipinski definition) is 1. The maximum atomic E-state index is 12.3. The van der Waals surface area contributed by atoms with Crippen molar-refractivity contribution in [2.24, 2.45) is 0 Å². The second-order valence-corrected chi connectivity index (χ2v) is 5.90. The first kappa shape index (κ1) is 18.8. The van der Waals surface area contributed by atoms with E-state index >= 15 is 0 Å². The van der Waals surface area contributed by atoms with Crippen LogP contribution in [0.4, 0.5) is 0 Å². The number of ether oxygens (including phenoxy) is 2. The van der Waals surface area contributed by atoms with Crippen LogP contribution in [-0.2, 0) is 22.7 Å². The van der Waals surface area contributed by atoms with Crippen molar-refractivity contribution < 1.29 is 19.1 Å². The lowest BCUT2D eigenvalue weighted by Crippen LogP contribution is -2.45. The Morgan fingerprint density at radius 1 is 1.30 bits per heavy atom. The van der Waals surface area contributed by atoms with E-state index in [4.69, 9.17) is 9.47 Å².